The summed E-state index contributed by atoms with van der Waals surface area (Å²) in [6.07, 6.45) is -1.26. The summed E-state index contributed by atoms with van der Waals surface area (Å²) in [6.45, 7) is -0.253. The average molecular weight is 527 g/mol. The van der Waals surface area contributed by atoms with Crippen LogP contribution in [-0.2, 0) is 33.8 Å². The summed E-state index contributed by atoms with van der Waals surface area (Å²) in [5.41, 5.74) is 1.26. The lowest BCUT2D eigenvalue weighted by Gasteiger charge is -2.21. The molecule has 198 valence electrons. The van der Waals surface area contributed by atoms with Crippen molar-refractivity contribution in [2.45, 2.75) is 31.5 Å². The Labute approximate surface area is 215 Å². The summed E-state index contributed by atoms with van der Waals surface area (Å²) in [5.74, 6) is -3.18. The van der Waals surface area contributed by atoms with Crippen LogP contribution in [0.4, 0.5) is 19.3 Å². The Balaban J connectivity index is 1.69. The maximum atomic E-state index is 13.3. The first-order valence-corrected chi connectivity index (χ1v) is 11.3. The van der Waals surface area contributed by atoms with E-state index < -0.39 is 46.6 Å². The molecular weight excluding hydrogens is 504 g/mol. The number of alkyl carbamates (subject to hydrolysis) is 1. The summed E-state index contributed by atoms with van der Waals surface area (Å²) < 4.78 is 31.6. The van der Waals surface area contributed by atoms with Gasteiger partial charge >= 0.3 is 12.1 Å². The highest BCUT2D eigenvalue weighted by atomic mass is 19.1. The summed E-state index contributed by atoms with van der Waals surface area (Å²) in [6, 6.07) is 12.9. The molecule has 38 heavy (non-hydrogen) atoms. The third kappa shape index (κ3) is 8.36. The van der Waals surface area contributed by atoms with E-state index >= 15 is 0 Å². The Morgan fingerprint density at radius 2 is 1.26 bits per heavy atom. The third-order valence-corrected chi connectivity index (χ3v) is 5.45. The molecule has 0 bridgehead atoms. The molecule has 0 heterocycles. The molecule has 0 saturated heterocycles. The van der Waals surface area contributed by atoms with Gasteiger partial charge in [0.2, 0.25) is 5.91 Å². The van der Waals surface area contributed by atoms with E-state index in [-0.39, 0.29) is 25.1 Å². The van der Waals surface area contributed by atoms with E-state index in [1.807, 2.05) is 0 Å². The number of carboxylic acids is 1. The van der Waals surface area contributed by atoms with Gasteiger partial charge in [0, 0.05) is 25.0 Å². The van der Waals surface area contributed by atoms with Crippen LogP contribution in [0, 0.1) is 21.7 Å². The molecule has 10 nitrogen and oxygen atoms in total. The van der Waals surface area contributed by atoms with Crippen LogP contribution in [0.25, 0.3) is 0 Å². The molecule has 0 radical (unpaired) electrons. The Morgan fingerprint density at radius 1 is 0.789 bits per heavy atom. The number of nitro groups is 1. The number of carbonyl (C=O) groups is 3. The fourth-order valence-corrected chi connectivity index (χ4v) is 3.44. The molecule has 3 rings (SSSR count). The Hall–Kier alpha value is -4.87. The van der Waals surface area contributed by atoms with Crippen molar-refractivity contribution in [1.82, 2.24) is 10.6 Å². The molecule has 0 aliphatic carbocycles. The zero-order chi connectivity index (χ0) is 27.7. The van der Waals surface area contributed by atoms with Gasteiger partial charge in [-0.15, -0.1) is 0 Å². The quantitative estimate of drug-likeness (QED) is 0.255. The van der Waals surface area contributed by atoms with Crippen LogP contribution in [0.2, 0.25) is 0 Å². The number of halogens is 2. The zero-order valence-corrected chi connectivity index (χ0v) is 19.8. The third-order valence-electron chi connectivity index (χ3n) is 5.45. The van der Waals surface area contributed by atoms with Gasteiger partial charge in [0.05, 0.1) is 4.92 Å². The van der Waals surface area contributed by atoms with Crippen LogP contribution in [0.1, 0.15) is 16.7 Å². The molecule has 0 aliphatic rings. The van der Waals surface area contributed by atoms with E-state index in [9.17, 15) is 38.4 Å². The lowest BCUT2D eigenvalue weighted by molar-refractivity contribution is -0.384. The fourth-order valence-electron chi connectivity index (χ4n) is 3.44. The molecule has 0 spiro atoms. The van der Waals surface area contributed by atoms with E-state index in [0.717, 1.165) is 12.1 Å². The molecule has 0 aromatic heterocycles. The van der Waals surface area contributed by atoms with E-state index in [1.54, 1.807) is 0 Å². The number of benzene rings is 3. The van der Waals surface area contributed by atoms with Crippen LogP contribution in [-0.4, -0.2) is 40.1 Å². The van der Waals surface area contributed by atoms with Crippen molar-refractivity contribution >= 4 is 23.7 Å². The van der Waals surface area contributed by atoms with Crippen LogP contribution >= 0.6 is 0 Å². The van der Waals surface area contributed by atoms with Gasteiger partial charge in [-0.3, -0.25) is 14.9 Å². The van der Waals surface area contributed by atoms with Gasteiger partial charge in [-0.25, -0.2) is 18.4 Å². The molecule has 3 N–H and O–H groups in total. The van der Waals surface area contributed by atoms with Crippen molar-refractivity contribution in [3.05, 3.63) is 111 Å². The topological polar surface area (TPSA) is 148 Å². The van der Waals surface area contributed by atoms with Gasteiger partial charge in [0.15, 0.2) is 0 Å². The van der Waals surface area contributed by atoms with Crippen LogP contribution in [0.5, 0.6) is 0 Å². The first-order valence-electron chi connectivity index (χ1n) is 11.3. The maximum Gasteiger partial charge on any atom is 0.408 e. The molecule has 0 unspecified atom stereocenters. The van der Waals surface area contributed by atoms with E-state index in [4.69, 9.17) is 4.74 Å². The number of nitro benzene ring substituents is 1. The number of nitrogens with one attached hydrogen (secondary N) is 2. The van der Waals surface area contributed by atoms with Crippen LogP contribution in [0.15, 0.2) is 72.8 Å². The molecule has 12 heteroatoms. The molecule has 2 amide bonds. The van der Waals surface area contributed by atoms with Gasteiger partial charge in [0.1, 0.15) is 30.3 Å². The first kappa shape index (κ1) is 27.7. The number of non-ortho nitro benzene ring substituents is 1. The summed E-state index contributed by atoms with van der Waals surface area (Å²) in [5, 5.41) is 25.1. The van der Waals surface area contributed by atoms with Crippen LogP contribution in [0.3, 0.4) is 0 Å². The predicted octanol–water partition coefficient (Wildman–Crippen LogP) is 3.52. The van der Waals surface area contributed by atoms with E-state index in [0.29, 0.717) is 16.7 Å². The molecule has 2 atom stereocenters. The second kappa shape index (κ2) is 12.9. The number of hydrogen-bond acceptors (Lipinski definition) is 6. The van der Waals surface area contributed by atoms with E-state index in [2.05, 4.69) is 10.6 Å². The second-order valence-corrected chi connectivity index (χ2v) is 8.26. The first-order chi connectivity index (χ1) is 18.1. The van der Waals surface area contributed by atoms with Crippen molar-refractivity contribution in [2.24, 2.45) is 0 Å². The van der Waals surface area contributed by atoms with Crippen molar-refractivity contribution < 1.29 is 37.9 Å². The lowest BCUT2D eigenvalue weighted by Crippen LogP contribution is -2.53. The number of amides is 2. The lowest BCUT2D eigenvalue weighted by atomic mass is 10.0. The number of carboxylic acid groups (broad SMARTS) is 1. The Bertz CT molecular complexity index is 1280. The van der Waals surface area contributed by atoms with Crippen molar-refractivity contribution in [3.8, 4) is 0 Å². The number of nitrogens with zero attached hydrogens (tertiary/aromatic N) is 1. The summed E-state index contributed by atoms with van der Waals surface area (Å²) in [7, 11) is 0. The second-order valence-electron chi connectivity index (χ2n) is 8.26. The van der Waals surface area contributed by atoms with Gasteiger partial charge in [-0.2, -0.15) is 0 Å². The fraction of sp³-hybridized carbons (Fsp3) is 0.192. The van der Waals surface area contributed by atoms with E-state index in [1.165, 1.54) is 60.7 Å². The molecular formula is C26H23F2N3O7. The standard InChI is InChI=1S/C26H23F2N3O7/c27-19-7-1-16(2-8-19)13-22(30-26(35)38-15-18-5-11-21(12-6-18)31(36)37)24(32)29-23(25(33)34)14-17-3-9-20(28)10-4-17/h1-12,22-23H,13-15H2,(H,29,32)(H,30,35)(H,33,34)/t22-,23-/m0/s1. The Kier molecular flexibility index (Phi) is 9.41. The molecule has 3 aromatic rings. The van der Waals surface area contributed by atoms with Crippen molar-refractivity contribution in [2.75, 3.05) is 0 Å². The normalized spacial score (nSPS) is 12.2. The number of aliphatic carboxylic acids is 1. The SMILES string of the molecule is O=C(N[C@@H](Cc1ccc(F)cc1)C(=O)N[C@@H](Cc1ccc(F)cc1)C(=O)O)OCc1ccc([N+](=O)[O-])cc1. The van der Waals surface area contributed by atoms with Gasteiger partial charge in [0.25, 0.3) is 5.69 Å². The largest absolute Gasteiger partial charge is 0.480 e. The highest BCUT2D eigenvalue weighted by Gasteiger charge is 2.27. The minimum atomic E-state index is -1.39. The predicted molar refractivity (Wildman–Crippen MR) is 130 cm³/mol. The smallest absolute Gasteiger partial charge is 0.408 e. The number of ether oxygens (including phenoxy) is 1. The summed E-state index contributed by atoms with van der Waals surface area (Å²) in [4.78, 5) is 47.5. The molecule has 0 fully saturated rings. The zero-order valence-electron chi connectivity index (χ0n) is 19.8. The van der Waals surface area contributed by atoms with Gasteiger partial charge < -0.3 is 20.5 Å². The molecule has 0 saturated carbocycles. The minimum Gasteiger partial charge on any atom is -0.480 e. The van der Waals surface area contributed by atoms with Crippen molar-refractivity contribution in [3.63, 3.8) is 0 Å². The highest BCUT2D eigenvalue weighted by molar-refractivity contribution is 5.89. The molecule has 3 aromatic carbocycles. The monoisotopic (exact) mass is 527 g/mol. The van der Waals surface area contributed by atoms with Gasteiger partial charge in [-0.05, 0) is 53.1 Å². The summed E-state index contributed by atoms with van der Waals surface area (Å²) >= 11 is 0. The minimum absolute atomic E-state index is 0.109. The maximum absolute atomic E-state index is 13.3. The van der Waals surface area contributed by atoms with Crippen LogP contribution < -0.4 is 10.6 Å². The van der Waals surface area contributed by atoms with Crippen molar-refractivity contribution in [1.29, 1.82) is 0 Å². The Morgan fingerprint density at radius 3 is 1.74 bits per heavy atom. The number of carbonyl (C=O) groups excluding carboxylic acids is 2. The highest BCUT2D eigenvalue weighted by Crippen LogP contribution is 2.13. The number of rotatable bonds is 11. The average Bonchev–Trinajstić information content (AvgIpc) is 2.89. The number of hydrogen-bond donors (Lipinski definition) is 3. The van der Waals surface area contributed by atoms with Gasteiger partial charge in [-0.1, -0.05) is 24.3 Å². The molecule has 0 aliphatic heterocycles.